The SMILES string of the molecule is CNCC(Cc1cc(C)c(C)cc1O)NC. The molecule has 0 aliphatic heterocycles. The summed E-state index contributed by atoms with van der Waals surface area (Å²) in [5.41, 5.74) is 3.38. The molecule has 90 valence electrons. The molecule has 3 nitrogen and oxygen atoms in total. The summed E-state index contributed by atoms with van der Waals surface area (Å²) in [4.78, 5) is 0. The Bertz CT molecular complexity index is 350. The van der Waals surface area contributed by atoms with Crippen molar-refractivity contribution < 1.29 is 5.11 Å². The molecule has 0 spiro atoms. The van der Waals surface area contributed by atoms with Crippen LogP contribution in [-0.2, 0) is 6.42 Å². The molecule has 1 atom stereocenters. The fraction of sp³-hybridized carbons (Fsp3) is 0.538. The minimum atomic E-state index is 0.345. The number of hydrogen-bond acceptors (Lipinski definition) is 3. The number of hydrogen-bond donors (Lipinski definition) is 3. The molecule has 0 aromatic heterocycles. The predicted octanol–water partition coefficient (Wildman–Crippen LogP) is 1.36. The minimum Gasteiger partial charge on any atom is -0.508 e. The third-order valence-corrected chi connectivity index (χ3v) is 3.02. The number of nitrogens with one attached hydrogen (secondary N) is 2. The molecular weight excluding hydrogens is 200 g/mol. The Morgan fingerprint density at radius 1 is 1.19 bits per heavy atom. The van der Waals surface area contributed by atoms with Gasteiger partial charge in [0, 0.05) is 12.6 Å². The van der Waals surface area contributed by atoms with Gasteiger partial charge in [0.05, 0.1) is 0 Å². The van der Waals surface area contributed by atoms with Crippen LogP contribution >= 0.6 is 0 Å². The van der Waals surface area contributed by atoms with Gasteiger partial charge in [0.1, 0.15) is 5.75 Å². The van der Waals surface area contributed by atoms with Crippen molar-refractivity contribution in [1.82, 2.24) is 10.6 Å². The van der Waals surface area contributed by atoms with Crippen LogP contribution < -0.4 is 10.6 Å². The normalized spacial score (nSPS) is 12.8. The lowest BCUT2D eigenvalue weighted by molar-refractivity contribution is 0.456. The average Bonchev–Trinajstić information content (AvgIpc) is 2.25. The number of rotatable bonds is 5. The predicted molar refractivity (Wildman–Crippen MR) is 68.1 cm³/mol. The third-order valence-electron chi connectivity index (χ3n) is 3.02. The molecule has 0 heterocycles. The quantitative estimate of drug-likeness (QED) is 0.705. The van der Waals surface area contributed by atoms with Crippen LogP contribution in [0, 0.1) is 13.8 Å². The number of likely N-dealkylation sites (N-methyl/N-ethyl adjacent to an activating group) is 2. The van der Waals surface area contributed by atoms with E-state index in [4.69, 9.17) is 0 Å². The first-order chi connectivity index (χ1) is 7.58. The fourth-order valence-electron chi connectivity index (χ4n) is 1.81. The van der Waals surface area contributed by atoms with Crippen LogP contribution in [-0.4, -0.2) is 31.8 Å². The van der Waals surface area contributed by atoms with E-state index in [9.17, 15) is 5.11 Å². The summed E-state index contributed by atoms with van der Waals surface area (Å²) in [7, 11) is 3.88. The number of aromatic hydroxyl groups is 1. The summed E-state index contributed by atoms with van der Waals surface area (Å²) in [5.74, 6) is 0.402. The Kier molecular flexibility index (Phi) is 4.77. The maximum absolute atomic E-state index is 9.88. The molecule has 0 fully saturated rings. The Labute approximate surface area is 97.9 Å². The van der Waals surface area contributed by atoms with Gasteiger partial charge in [0.2, 0.25) is 0 Å². The van der Waals surface area contributed by atoms with Crippen LogP contribution in [0.2, 0.25) is 0 Å². The molecule has 0 saturated carbocycles. The molecule has 0 saturated heterocycles. The van der Waals surface area contributed by atoms with Gasteiger partial charge in [0.25, 0.3) is 0 Å². The van der Waals surface area contributed by atoms with Crippen LogP contribution in [0.3, 0.4) is 0 Å². The van der Waals surface area contributed by atoms with Crippen molar-refractivity contribution in [3.63, 3.8) is 0 Å². The largest absolute Gasteiger partial charge is 0.508 e. The van der Waals surface area contributed by atoms with E-state index in [0.717, 1.165) is 24.1 Å². The summed E-state index contributed by atoms with van der Waals surface area (Å²) in [6, 6.07) is 4.26. The van der Waals surface area contributed by atoms with Crippen molar-refractivity contribution in [2.75, 3.05) is 20.6 Å². The highest BCUT2D eigenvalue weighted by atomic mass is 16.3. The fourth-order valence-corrected chi connectivity index (χ4v) is 1.81. The highest BCUT2D eigenvalue weighted by Gasteiger charge is 2.10. The van der Waals surface area contributed by atoms with Gasteiger partial charge in [-0.3, -0.25) is 0 Å². The lowest BCUT2D eigenvalue weighted by Gasteiger charge is -2.17. The second-order valence-electron chi connectivity index (χ2n) is 4.31. The first-order valence-corrected chi connectivity index (χ1v) is 5.69. The van der Waals surface area contributed by atoms with Crippen LogP contribution in [0.4, 0.5) is 0 Å². The molecule has 16 heavy (non-hydrogen) atoms. The molecule has 1 unspecified atom stereocenters. The van der Waals surface area contributed by atoms with E-state index in [1.165, 1.54) is 5.56 Å². The monoisotopic (exact) mass is 222 g/mol. The Morgan fingerprint density at radius 2 is 1.81 bits per heavy atom. The first kappa shape index (κ1) is 13.0. The molecule has 0 aliphatic carbocycles. The standard InChI is InChI=1S/C13H22N2O/c1-9-5-11(13(16)6-10(9)2)7-12(15-4)8-14-3/h5-6,12,14-16H,7-8H2,1-4H3. The van der Waals surface area contributed by atoms with Gasteiger partial charge in [-0.05, 0) is 57.1 Å². The maximum Gasteiger partial charge on any atom is 0.119 e. The molecule has 3 heteroatoms. The molecule has 3 N–H and O–H groups in total. The van der Waals surface area contributed by atoms with E-state index in [0.29, 0.717) is 11.8 Å². The van der Waals surface area contributed by atoms with E-state index in [1.54, 1.807) is 0 Å². The zero-order valence-electron chi connectivity index (χ0n) is 10.6. The highest BCUT2D eigenvalue weighted by molar-refractivity contribution is 5.41. The Morgan fingerprint density at radius 3 is 2.38 bits per heavy atom. The van der Waals surface area contributed by atoms with Crippen molar-refractivity contribution >= 4 is 0 Å². The van der Waals surface area contributed by atoms with Gasteiger partial charge < -0.3 is 15.7 Å². The summed E-state index contributed by atoms with van der Waals surface area (Å²) in [6.07, 6.45) is 0.838. The van der Waals surface area contributed by atoms with Crippen LogP contribution in [0.1, 0.15) is 16.7 Å². The number of aryl methyl sites for hydroxylation is 2. The summed E-state index contributed by atoms with van der Waals surface area (Å²) in [6.45, 7) is 4.98. The lowest BCUT2D eigenvalue weighted by Crippen LogP contribution is -2.36. The minimum absolute atomic E-state index is 0.345. The van der Waals surface area contributed by atoms with Crippen LogP contribution in [0.25, 0.3) is 0 Å². The summed E-state index contributed by atoms with van der Waals surface area (Å²) >= 11 is 0. The molecule has 0 amide bonds. The Hall–Kier alpha value is -1.06. The molecule has 1 aromatic carbocycles. The molecule has 1 rings (SSSR count). The van der Waals surface area contributed by atoms with E-state index in [2.05, 4.69) is 23.6 Å². The smallest absolute Gasteiger partial charge is 0.119 e. The topological polar surface area (TPSA) is 44.3 Å². The van der Waals surface area contributed by atoms with Crippen molar-refractivity contribution in [3.05, 3.63) is 28.8 Å². The van der Waals surface area contributed by atoms with Crippen molar-refractivity contribution in [1.29, 1.82) is 0 Å². The van der Waals surface area contributed by atoms with E-state index < -0.39 is 0 Å². The van der Waals surface area contributed by atoms with Crippen molar-refractivity contribution in [2.24, 2.45) is 0 Å². The van der Waals surface area contributed by atoms with Gasteiger partial charge in [-0.25, -0.2) is 0 Å². The average molecular weight is 222 g/mol. The maximum atomic E-state index is 9.88. The first-order valence-electron chi connectivity index (χ1n) is 5.69. The van der Waals surface area contributed by atoms with Crippen LogP contribution in [0.15, 0.2) is 12.1 Å². The van der Waals surface area contributed by atoms with Gasteiger partial charge in [-0.1, -0.05) is 6.07 Å². The van der Waals surface area contributed by atoms with E-state index >= 15 is 0 Å². The number of phenolic OH excluding ortho intramolecular Hbond substituents is 1. The second-order valence-corrected chi connectivity index (χ2v) is 4.31. The van der Waals surface area contributed by atoms with Gasteiger partial charge >= 0.3 is 0 Å². The lowest BCUT2D eigenvalue weighted by atomic mass is 9.99. The Balaban J connectivity index is 2.83. The third kappa shape index (κ3) is 3.22. The van der Waals surface area contributed by atoms with Gasteiger partial charge in [0.15, 0.2) is 0 Å². The van der Waals surface area contributed by atoms with Gasteiger partial charge in [-0.15, -0.1) is 0 Å². The molecular formula is C13H22N2O. The van der Waals surface area contributed by atoms with E-state index in [1.807, 2.05) is 27.1 Å². The highest BCUT2D eigenvalue weighted by Crippen LogP contribution is 2.22. The molecule has 1 aromatic rings. The summed E-state index contributed by atoms with van der Waals surface area (Å²) < 4.78 is 0. The van der Waals surface area contributed by atoms with Crippen molar-refractivity contribution in [2.45, 2.75) is 26.3 Å². The molecule has 0 bridgehead atoms. The second kappa shape index (κ2) is 5.87. The molecule has 0 radical (unpaired) electrons. The van der Waals surface area contributed by atoms with Crippen molar-refractivity contribution in [3.8, 4) is 5.75 Å². The zero-order chi connectivity index (χ0) is 12.1. The number of benzene rings is 1. The number of phenols is 1. The zero-order valence-corrected chi connectivity index (χ0v) is 10.6. The van der Waals surface area contributed by atoms with E-state index in [-0.39, 0.29) is 0 Å². The van der Waals surface area contributed by atoms with Gasteiger partial charge in [-0.2, -0.15) is 0 Å². The van der Waals surface area contributed by atoms with Crippen LogP contribution in [0.5, 0.6) is 5.75 Å². The summed E-state index contributed by atoms with van der Waals surface area (Å²) in [5, 5.41) is 16.3. The molecule has 0 aliphatic rings.